The number of hydrogen-bond acceptors (Lipinski definition) is 4. The van der Waals surface area contributed by atoms with Crippen LogP contribution in [-0.2, 0) is 10.0 Å². The van der Waals surface area contributed by atoms with Gasteiger partial charge in [-0.05, 0) is 62.2 Å². The first-order valence-electron chi connectivity index (χ1n) is 11.1. The van der Waals surface area contributed by atoms with Crippen molar-refractivity contribution in [3.63, 3.8) is 0 Å². The average Bonchev–Trinajstić information content (AvgIpc) is 2.77. The minimum Gasteiger partial charge on any atom is -0.490 e. The van der Waals surface area contributed by atoms with Gasteiger partial charge >= 0.3 is 0 Å². The Labute approximate surface area is 197 Å². The summed E-state index contributed by atoms with van der Waals surface area (Å²) in [7, 11) is -3.73. The van der Waals surface area contributed by atoms with Crippen molar-refractivity contribution in [2.45, 2.75) is 51.5 Å². The van der Waals surface area contributed by atoms with Crippen molar-refractivity contribution in [2.24, 2.45) is 5.92 Å². The predicted octanol–water partition coefficient (Wildman–Crippen LogP) is 5.96. The molecule has 1 heterocycles. The van der Waals surface area contributed by atoms with Gasteiger partial charge in [0.1, 0.15) is 11.9 Å². The van der Waals surface area contributed by atoms with Crippen LogP contribution in [0.3, 0.4) is 0 Å². The van der Waals surface area contributed by atoms with Crippen LogP contribution in [0.5, 0.6) is 5.75 Å². The molecule has 0 radical (unpaired) electrons. The van der Waals surface area contributed by atoms with Crippen molar-refractivity contribution in [1.29, 1.82) is 0 Å². The standard InChI is InChI=1S/C25H33ClN2O3S/c1-5-20(4)27-15-13-24(14-16-27)31-23-9-11-25(12-10-23)32(29,30)28(18-19(2)3)22-8-6-7-21(26)17-22/h5-12,17,19,24H,13-16,18H2,1-4H3/b20-5-. The van der Waals surface area contributed by atoms with E-state index < -0.39 is 10.0 Å². The first-order valence-corrected chi connectivity index (χ1v) is 13.0. The molecule has 0 N–H and O–H groups in total. The molecule has 1 aliphatic rings. The maximum atomic E-state index is 13.4. The van der Waals surface area contributed by atoms with Crippen LogP contribution in [0.2, 0.25) is 5.02 Å². The summed E-state index contributed by atoms with van der Waals surface area (Å²) in [5.41, 5.74) is 1.86. The second-order valence-corrected chi connectivity index (χ2v) is 10.9. The molecule has 174 valence electrons. The number of benzene rings is 2. The number of halogens is 1. The third-order valence-corrected chi connectivity index (χ3v) is 7.74. The minimum atomic E-state index is -3.73. The number of sulfonamides is 1. The molecule has 1 saturated heterocycles. The van der Waals surface area contributed by atoms with Gasteiger partial charge in [-0.2, -0.15) is 0 Å². The Morgan fingerprint density at radius 1 is 1.19 bits per heavy atom. The summed E-state index contributed by atoms with van der Waals surface area (Å²) < 4.78 is 34.4. The highest BCUT2D eigenvalue weighted by Crippen LogP contribution is 2.29. The molecule has 0 aromatic heterocycles. The smallest absolute Gasteiger partial charge is 0.264 e. The number of likely N-dealkylation sites (tertiary alicyclic amines) is 1. The zero-order valence-corrected chi connectivity index (χ0v) is 20.9. The van der Waals surface area contributed by atoms with E-state index in [0.29, 0.717) is 23.0 Å². The summed E-state index contributed by atoms with van der Waals surface area (Å²) >= 11 is 6.13. The van der Waals surface area contributed by atoms with Gasteiger partial charge in [-0.25, -0.2) is 8.42 Å². The number of piperidine rings is 1. The number of nitrogens with zero attached hydrogens (tertiary/aromatic N) is 2. The first-order chi connectivity index (χ1) is 15.2. The Morgan fingerprint density at radius 3 is 2.41 bits per heavy atom. The van der Waals surface area contributed by atoms with E-state index in [1.165, 1.54) is 10.0 Å². The predicted molar refractivity (Wildman–Crippen MR) is 132 cm³/mol. The fourth-order valence-electron chi connectivity index (χ4n) is 3.82. The van der Waals surface area contributed by atoms with Crippen molar-refractivity contribution in [3.8, 4) is 5.75 Å². The highest BCUT2D eigenvalue weighted by atomic mass is 35.5. The molecule has 32 heavy (non-hydrogen) atoms. The van der Waals surface area contributed by atoms with Crippen LogP contribution in [0.1, 0.15) is 40.5 Å². The highest BCUT2D eigenvalue weighted by Gasteiger charge is 2.26. The number of ether oxygens (including phenoxy) is 1. The van der Waals surface area contributed by atoms with E-state index in [0.717, 1.165) is 25.9 Å². The van der Waals surface area contributed by atoms with Gasteiger partial charge in [-0.15, -0.1) is 0 Å². The molecule has 0 saturated carbocycles. The van der Waals surface area contributed by atoms with Gasteiger partial charge in [0.2, 0.25) is 0 Å². The summed E-state index contributed by atoms with van der Waals surface area (Å²) in [6, 6.07) is 13.7. The Kier molecular flexibility index (Phi) is 8.12. The molecule has 0 bridgehead atoms. The summed E-state index contributed by atoms with van der Waals surface area (Å²) in [6.07, 6.45) is 4.17. The lowest BCUT2D eigenvalue weighted by atomic mass is 10.1. The zero-order valence-electron chi connectivity index (χ0n) is 19.3. The van der Waals surface area contributed by atoms with Gasteiger partial charge in [0, 0.05) is 43.2 Å². The number of anilines is 1. The molecule has 1 fully saturated rings. The van der Waals surface area contributed by atoms with Crippen LogP contribution in [0.4, 0.5) is 5.69 Å². The number of hydrogen-bond donors (Lipinski definition) is 0. The van der Waals surface area contributed by atoms with Crippen LogP contribution in [0, 0.1) is 5.92 Å². The fraction of sp³-hybridized carbons (Fsp3) is 0.440. The monoisotopic (exact) mass is 476 g/mol. The van der Waals surface area contributed by atoms with E-state index in [1.807, 2.05) is 13.8 Å². The third-order valence-electron chi connectivity index (χ3n) is 5.70. The van der Waals surface area contributed by atoms with E-state index in [4.69, 9.17) is 16.3 Å². The molecule has 0 spiro atoms. The molecule has 7 heteroatoms. The van der Waals surface area contributed by atoms with Crippen molar-refractivity contribution < 1.29 is 13.2 Å². The summed E-state index contributed by atoms with van der Waals surface area (Å²) in [5.74, 6) is 0.853. The Bertz CT molecular complexity index is 1030. The molecule has 0 aliphatic carbocycles. The molecule has 0 atom stereocenters. The Hall–Kier alpha value is -2.18. The molecule has 1 aliphatic heterocycles. The third kappa shape index (κ3) is 5.99. The average molecular weight is 477 g/mol. The van der Waals surface area contributed by atoms with Crippen molar-refractivity contribution in [2.75, 3.05) is 23.9 Å². The highest BCUT2D eigenvalue weighted by molar-refractivity contribution is 7.92. The fourth-order valence-corrected chi connectivity index (χ4v) is 5.63. The summed E-state index contributed by atoms with van der Waals surface area (Å²) in [6.45, 7) is 10.5. The molecule has 3 rings (SSSR count). The molecular formula is C25H33ClN2O3S. The van der Waals surface area contributed by atoms with Crippen molar-refractivity contribution in [3.05, 3.63) is 65.3 Å². The maximum Gasteiger partial charge on any atom is 0.264 e. The number of allylic oxidation sites excluding steroid dienone is 2. The largest absolute Gasteiger partial charge is 0.490 e. The van der Waals surface area contributed by atoms with Gasteiger partial charge in [-0.1, -0.05) is 37.6 Å². The van der Waals surface area contributed by atoms with Gasteiger partial charge in [0.25, 0.3) is 10.0 Å². The molecule has 0 unspecified atom stereocenters. The van der Waals surface area contributed by atoms with Crippen LogP contribution in [-0.4, -0.2) is 39.1 Å². The van der Waals surface area contributed by atoms with Gasteiger partial charge in [-0.3, -0.25) is 4.31 Å². The van der Waals surface area contributed by atoms with Gasteiger partial charge in [0.05, 0.1) is 10.6 Å². The van der Waals surface area contributed by atoms with Crippen LogP contribution >= 0.6 is 11.6 Å². The second-order valence-electron chi connectivity index (χ2n) is 8.62. The maximum absolute atomic E-state index is 13.4. The molecule has 5 nitrogen and oxygen atoms in total. The van der Waals surface area contributed by atoms with Crippen LogP contribution in [0.25, 0.3) is 0 Å². The minimum absolute atomic E-state index is 0.141. The molecule has 0 amide bonds. The second kappa shape index (κ2) is 10.6. The SMILES string of the molecule is C/C=C(/C)N1CCC(Oc2ccc(S(=O)(=O)N(CC(C)C)c3cccc(Cl)c3)cc2)CC1. The topological polar surface area (TPSA) is 49.9 Å². The van der Waals surface area contributed by atoms with E-state index in [9.17, 15) is 8.42 Å². The zero-order chi connectivity index (χ0) is 23.3. The summed E-state index contributed by atoms with van der Waals surface area (Å²) in [4.78, 5) is 2.61. The van der Waals surface area contributed by atoms with Gasteiger partial charge < -0.3 is 9.64 Å². The quantitative estimate of drug-likeness (QED) is 0.471. The molecular weight excluding hydrogens is 444 g/mol. The van der Waals surface area contributed by atoms with E-state index in [-0.39, 0.29) is 16.9 Å². The van der Waals surface area contributed by atoms with E-state index >= 15 is 0 Å². The molecule has 2 aromatic rings. The normalized spacial score (nSPS) is 15.8. The van der Waals surface area contributed by atoms with E-state index in [2.05, 4.69) is 24.8 Å². The van der Waals surface area contributed by atoms with E-state index in [1.54, 1.807) is 48.5 Å². The number of rotatable bonds is 8. The summed E-state index contributed by atoms with van der Waals surface area (Å²) in [5, 5.41) is 0.505. The first kappa shape index (κ1) is 24.5. The van der Waals surface area contributed by atoms with Crippen LogP contribution in [0.15, 0.2) is 65.2 Å². The van der Waals surface area contributed by atoms with Crippen LogP contribution < -0.4 is 9.04 Å². The van der Waals surface area contributed by atoms with Crippen molar-refractivity contribution >= 4 is 27.3 Å². The Morgan fingerprint density at radius 2 is 1.84 bits per heavy atom. The van der Waals surface area contributed by atoms with Crippen molar-refractivity contribution in [1.82, 2.24) is 4.90 Å². The molecule has 2 aromatic carbocycles. The Balaban J connectivity index is 1.73. The lowest BCUT2D eigenvalue weighted by molar-refractivity contribution is 0.117. The lowest BCUT2D eigenvalue weighted by Crippen LogP contribution is -2.37. The van der Waals surface area contributed by atoms with Gasteiger partial charge in [0.15, 0.2) is 0 Å². The lowest BCUT2D eigenvalue weighted by Gasteiger charge is -2.34.